The summed E-state index contributed by atoms with van der Waals surface area (Å²) < 4.78 is 4.88. The summed E-state index contributed by atoms with van der Waals surface area (Å²) in [6.07, 6.45) is 2.34. The first-order valence-corrected chi connectivity index (χ1v) is 3.61. The molecule has 0 aliphatic carbocycles. The lowest BCUT2D eigenvalue weighted by Crippen LogP contribution is -2.20. The van der Waals surface area contributed by atoms with E-state index in [2.05, 4.69) is 12.2 Å². The van der Waals surface area contributed by atoms with Gasteiger partial charge in [-0.05, 0) is 13.0 Å². The fourth-order valence-electron chi connectivity index (χ4n) is 0.643. The van der Waals surface area contributed by atoms with E-state index in [4.69, 9.17) is 4.74 Å². The molecule has 0 aliphatic rings. The summed E-state index contributed by atoms with van der Waals surface area (Å²) >= 11 is 0. The number of methoxy groups -OCH3 is 1. The maximum absolute atomic E-state index is 4.88. The van der Waals surface area contributed by atoms with Gasteiger partial charge in [0.25, 0.3) is 0 Å². The minimum absolute atomic E-state index is 0.872. The zero-order valence-electron chi connectivity index (χ0n) is 6.44. The van der Waals surface area contributed by atoms with Gasteiger partial charge in [0.2, 0.25) is 0 Å². The molecule has 2 nitrogen and oxygen atoms in total. The van der Waals surface area contributed by atoms with Gasteiger partial charge < -0.3 is 9.96 Å². The van der Waals surface area contributed by atoms with E-state index in [1.807, 2.05) is 0 Å². The first kappa shape index (κ1) is 8.98. The van der Waals surface area contributed by atoms with E-state index in [9.17, 15) is 0 Å². The molecule has 0 unspecified atom stereocenters. The third-order valence-corrected chi connectivity index (χ3v) is 1.13. The van der Waals surface area contributed by atoms with Gasteiger partial charge in [-0.2, -0.15) is 6.32 Å². The summed E-state index contributed by atoms with van der Waals surface area (Å²) in [4.78, 5) is 0. The fraction of sp³-hybridized carbons (Fsp3) is 1.00. The summed E-state index contributed by atoms with van der Waals surface area (Å²) in [6.45, 7) is 4.13. The first-order valence-electron chi connectivity index (χ1n) is 3.61. The Balaban J connectivity index is 2.60. The maximum atomic E-state index is 4.88. The molecule has 0 saturated heterocycles. The van der Waals surface area contributed by atoms with Crippen molar-refractivity contribution >= 4 is 7.41 Å². The highest BCUT2D eigenvalue weighted by Crippen LogP contribution is 1.76. The summed E-state index contributed by atoms with van der Waals surface area (Å²) in [5.74, 6) is 0. The predicted octanol–water partition coefficient (Wildman–Crippen LogP) is 0.402. The standard InChI is InChI=1S/C6H16BNO/c1-3-7-8-5-4-6-9-2/h7-8H,3-6H2,1-2H3/q-1. The zero-order valence-corrected chi connectivity index (χ0v) is 6.44. The fourth-order valence-corrected chi connectivity index (χ4v) is 0.643. The summed E-state index contributed by atoms with van der Waals surface area (Å²) in [5, 5.41) is 3.29. The molecule has 0 bridgehead atoms. The smallest absolute Gasteiger partial charge is 0.0473 e. The molecule has 0 aliphatic heterocycles. The largest absolute Gasteiger partial charge is 0.522 e. The Bertz CT molecular complexity index is 46.3. The maximum Gasteiger partial charge on any atom is 0.0473 e. The number of hydrogen-bond donors (Lipinski definition) is 1. The molecule has 9 heavy (non-hydrogen) atoms. The Morgan fingerprint density at radius 1 is 1.56 bits per heavy atom. The van der Waals surface area contributed by atoms with E-state index >= 15 is 0 Å². The number of nitrogens with one attached hydrogen (secondary N) is 1. The van der Waals surface area contributed by atoms with Gasteiger partial charge in [0, 0.05) is 13.7 Å². The predicted molar refractivity (Wildman–Crippen MR) is 42.1 cm³/mol. The second-order valence-electron chi connectivity index (χ2n) is 2.10. The Kier molecular flexibility index (Phi) is 7.97. The van der Waals surface area contributed by atoms with Gasteiger partial charge in [-0.25, -0.2) is 0 Å². The molecular weight excluding hydrogens is 113 g/mol. The minimum Gasteiger partial charge on any atom is -0.522 e. The van der Waals surface area contributed by atoms with Crippen LogP contribution in [0.3, 0.4) is 0 Å². The molecule has 0 aromatic rings. The Morgan fingerprint density at radius 2 is 2.33 bits per heavy atom. The van der Waals surface area contributed by atoms with Gasteiger partial charge in [-0.15, -0.1) is 0 Å². The van der Waals surface area contributed by atoms with E-state index in [0.717, 1.165) is 27.0 Å². The monoisotopic (exact) mass is 129 g/mol. The summed E-state index contributed by atoms with van der Waals surface area (Å²) in [5.41, 5.74) is 0. The van der Waals surface area contributed by atoms with Gasteiger partial charge in [0.15, 0.2) is 0 Å². The second kappa shape index (κ2) is 7.98. The normalized spacial score (nSPS) is 10.0. The topological polar surface area (TPSA) is 21.3 Å². The molecule has 55 valence electrons. The van der Waals surface area contributed by atoms with Crippen molar-refractivity contribution in [3.63, 3.8) is 0 Å². The van der Waals surface area contributed by atoms with Crippen molar-refractivity contribution in [2.24, 2.45) is 0 Å². The Morgan fingerprint density at radius 3 is 2.89 bits per heavy atom. The molecule has 0 saturated carbocycles. The van der Waals surface area contributed by atoms with Crippen LogP contribution in [0.5, 0.6) is 0 Å². The highest BCUT2D eigenvalue weighted by atomic mass is 16.5. The molecule has 0 amide bonds. The average molecular weight is 129 g/mol. The van der Waals surface area contributed by atoms with Gasteiger partial charge in [0.05, 0.1) is 0 Å². The minimum atomic E-state index is 0.872. The van der Waals surface area contributed by atoms with E-state index in [1.165, 1.54) is 6.32 Å². The molecule has 0 atom stereocenters. The van der Waals surface area contributed by atoms with Gasteiger partial charge in [-0.3, -0.25) is 0 Å². The van der Waals surface area contributed by atoms with Crippen LogP contribution in [0.2, 0.25) is 6.32 Å². The Hall–Kier alpha value is -0.0151. The van der Waals surface area contributed by atoms with Gasteiger partial charge >= 0.3 is 0 Å². The lowest BCUT2D eigenvalue weighted by Gasteiger charge is -2.08. The first-order chi connectivity index (χ1) is 4.41. The van der Waals surface area contributed by atoms with Gasteiger partial charge in [0.1, 0.15) is 0 Å². The van der Waals surface area contributed by atoms with Crippen molar-refractivity contribution in [3.8, 4) is 0 Å². The van der Waals surface area contributed by atoms with Crippen molar-refractivity contribution in [2.45, 2.75) is 19.7 Å². The Labute approximate surface area is 58.2 Å². The molecule has 0 fully saturated rings. The van der Waals surface area contributed by atoms with Crippen LogP contribution in [0.1, 0.15) is 13.3 Å². The van der Waals surface area contributed by atoms with Crippen LogP contribution in [0.25, 0.3) is 0 Å². The highest BCUT2D eigenvalue weighted by Gasteiger charge is 1.78. The van der Waals surface area contributed by atoms with E-state index < -0.39 is 0 Å². The second-order valence-corrected chi connectivity index (χ2v) is 2.10. The van der Waals surface area contributed by atoms with Crippen LogP contribution in [0.4, 0.5) is 0 Å². The number of hydrogen-bond acceptors (Lipinski definition) is 2. The van der Waals surface area contributed by atoms with Crippen LogP contribution >= 0.6 is 0 Å². The van der Waals surface area contributed by atoms with E-state index in [-0.39, 0.29) is 0 Å². The SMILES string of the molecule is CC[BH-]NCCCOC. The summed E-state index contributed by atoms with van der Waals surface area (Å²) in [6, 6.07) is 0. The third kappa shape index (κ3) is 7.98. The lowest BCUT2D eigenvalue weighted by atomic mass is 9.91. The van der Waals surface area contributed by atoms with E-state index in [0.29, 0.717) is 0 Å². The molecule has 1 N–H and O–H groups in total. The zero-order chi connectivity index (χ0) is 6.95. The summed E-state index contributed by atoms with van der Waals surface area (Å²) in [7, 11) is 2.86. The van der Waals surface area contributed by atoms with Gasteiger partial charge in [-0.1, -0.05) is 14.3 Å². The lowest BCUT2D eigenvalue weighted by molar-refractivity contribution is 0.196. The van der Waals surface area contributed by atoms with Crippen LogP contribution in [0.15, 0.2) is 0 Å². The van der Waals surface area contributed by atoms with Crippen LogP contribution in [0, 0.1) is 0 Å². The van der Waals surface area contributed by atoms with Crippen LogP contribution in [-0.4, -0.2) is 27.7 Å². The van der Waals surface area contributed by atoms with Crippen molar-refractivity contribution in [2.75, 3.05) is 20.3 Å². The molecule has 0 aromatic heterocycles. The van der Waals surface area contributed by atoms with Crippen LogP contribution < -0.4 is 5.23 Å². The number of rotatable bonds is 6. The average Bonchev–Trinajstić information content (AvgIpc) is 1.89. The quantitative estimate of drug-likeness (QED) is 0.414. The number of ether oxygens (including phenoxy) is 1. The molecule has 0 aromatic carbocycles. The van der Waals surface area contributed by atoms with E-state index in [1.54, 1.807) is 7.11 Å². The van der Waals surface area contributed by atoms with Crippen molar-refractivity contribution < 1.29 is 4.74 Å². The van der Waals surface area contributed by atoms with Crippen molar-refractivity contribution in [1.29, 1.82) is 0 Å². The molecule has 1 radical (unpaired) electrons. The molecule has 3 heteroatoms. The van der Waals surface area contributed by atoms with Crippen molar-refractivity contribution in [1.82, 2.24) is 5.23 Å². The molecular formula is C6H16BNO-. The van der Waals surface area contributed by atoms with Crippen LogP contribution in [-0.2, 0) is 4.74 Å². The molecule has 0 spiro atoms. The molecule has 0 rings (SSSR count). The molecule has 0 heterocycles. The van der Waals surface area contributed by atoms with Crippen molar-refractivity contribution in [3.05, 3.63) is 0 Å². The highest BCUT2D eigenvalue weighted by molar-refractivity contribution is 6.31. The third-order valence-electron chi connectivity index (χ3n) is 1.13.